The van der Waals surface area contributed by atoms with Gasteiger partial charge in [-0.2, -0.15) is 0 Å². The largest absolute Gasteiger partial charge is 0.324 e. The van der Waals surface area contributed by atoms with Gasteiger partial charge in [0.2, 0.25) is 0 Å². The summed E-state index contributed by atoms with van der Waals surface area (Å²) in [5.74, 6) is 0. The van der Waals surface area contributed by atoms with Gasteiger partial charge in [0, 0.05) is 23.5 Å². The van der Waals surface area contributed by atoms with Gasteiger partial charge >= 0.3 is 0 Å². The Kier molecular flexibility index (Phi) is 3.82. The highest BCUT2D eigenvalue weighted by Gasteiger charge is 2.13. The van der Waals surface area contributed by atoms with Gasteiger partial charge in [-0.1, -0.05) is 35.3 Å². The van der Waals surface area contributed by atoms with Crippen molar-refractivity contribution in [2.45, 2.75) is 12.5 Å². The third-order valence-corrected chi connectivity index (χ3v) is 3.92. The van der Waals surface area contributed by atoms with Gasteiger partial charge in [0.15, 0.2) is 0 Å². The zero-order chi connectivity index (χ0) is 11.5. The summed E-state index contributed by atoms with van der Waals surface area (Å²) >= 11 is 13.6. The van der Waals surface area contributed by atoms with Crippen molar-refractivity contribution in [1.82, 2.24) is 4.98 Å². The van der Waals surface area contributed by atoms with E-state index in [0.29, 0.717) is 10.0 Å². The molecule has 0 spiro atoms. The van der Waals surface area contributed by atoms with Crippen molar-refractivity contribution in [2.24, 2.45) is 5.73 Å². The first-order chi connectivity index (χ1) is 7.68. The molecule has 1 aromatic carbocycles. The molecular formula is C11H10Cl2N2S. The van der Waals surface area contributed by atoms with E-state index in [4.69, 9.17) is 28.9 Å². The number of thiazole rings is 1. The second-order valence-corrected chi connectivity index (χ2v) is 5.18. The highest BCUT2D eigenvalue weighted by Crippen LogP contribution is 2.30. The summed E-state index contributed by atoms with van der Waals surface area (Å²) in [6.07, 6.45) is 2.55. The van der Waals surface area contributed by atoms with Crippen molar-refractivity contribution in [3.8, 4) is 0 Å². The normalized spacial score (nSPS) is 12.7. The van der Waals surface area contributed by atoms with E-state index in [1.54, 1.807) is 22.9 Å². The van der Waals surface area contributed by atoms with Crippen LogP contribution >= 0.6 is 34.5 Å². The Balaban J connectivity index is 2.21. The van der Waals surface area contributed by atoms with E-state index in [1.807, 2.05) is 18.3 Å². The van der Waals surface area contributed by atoms with Crippen molar-refractivity contribution in [1.29, 1.82) is 0 Å². The van der Waals surface area contributed by atoms with Gasteiger partial charge in [0.05, 0.1) is 15.6 Å². The van der Waals surface area contributed by atoms with Crippen molar-refractivity contribution < 1.29 is 0 Å². The quantitative estimate of drug-likeness (QED) is 0.926. The van der Waals surface area contributed by atoms with E-state index in [1.165, 1.54) is 0 Å². The molecule has 0 aliphatic carbocycles. The minimum atomic E-state index is -0.147. The summed E-state index contributed by atoms with van der Waals surface area (Å²) in [6, 6.07) is 5.37. The standard InChI is InChI=1S/C11H10Cl2N2S/c12-9-3-1-2-8(11(9)13)10(14)4-7-5-15-6-16-7/h1-3,5-6,10H,4,14H2. The molecule has 0 fully saturated rings. The Morgan fingerprint density at radius 1 is 1.38 bits per heavy atom. The zero-order valence-electron chi connectivity index (χ0n) is 8.36. The molecule has 5 heteroatoms. The molecule has 1 unspecified atom stereocenters. The number of hydrogen-bond donors (Lipinski definition) is 1. The van der Waals surface area contributed by atoms with Crippen LogP contribution in [0.4, 0.5) is 0 Å². The molecule has 84 valence electrons. The molecule has 2 rings (SSSR count). The molecule has 16 heavy (non-hydrogen) atoms. The molecule has 0 amide bonds. The number of benzene rings is 1. The number of rotatable bonds is 3. The average Bonchev–Trinajstić information content (AvgIpc) is 2.74. The first kappa shape index (κ1) is 11.9. The molecule has 2 nitrogen and oxygen atoms in total. The first-order valence-corrected chi connectivity index (χ1v) is 6.39. The minimum absolute atomic E-state index is 0.147. The molecular weight excluding hydrogens is 263 g/mol. The van der Waals surface area contributed by atoms with Crippen LogP contribution in [0.2, 0.25) is 10.0 Å². The molecule has 1 atom stereocenters. The Hall–Kier alpha value is -0.610. The van der Waals surface area contributed by atoms with Crippen LogP contribution in [-0.2, 0) is 6.42 Å². The molecule has 0 bridgehead atoms. The van der Waals surface area contributed by atoms with Gasteiger partial charge in [-0.05, 0) is 11.6 Å². The summed E-state index contributed by atoms with van der Waals surface area (Å²) in [7, 11) is 0. The SMILES string of the molecule is NC(Cc1cncs1)c1cccc(Cl)c1Cl. The number of hydrogen-bond acceptors (Lipinski definition) is 3. The Bertz CT molecular complexity index is 471. The van der Waals surface area contributed by atoms with Crippen LogP contribution in [0.15, 0.2) is 29.9 Å². The van der Waals surface area contributed by atoms with Crippen LogP contribution in [0, 0.1) is 0 Å². The van der Waals surface area contributed by atoms with E-state index in [2.05, 4.69) is 4.98 Å². The molecule has 0 aliphatic rings. The summed E-state index contributed by atoms with van der Waals surface area (Å²) in [5, 5.41) is 1.08. The van der Waals surface area contributed by atoms with Crippen molar-refractivity contribution in [3.05, 3.63) is 50.4 Å². The number of halogens is 2. The van der Waals surface area contributed by atoms with Crippen molar-refractivity contribution in [2.75, 3.05) is 0 Å². The maximum Gasteiger partial charge on any atom is 0.0794 e. The van der Waals surface area contributed by atoms with Gasteiger partial charge in [-0.25, -0.2) is 0 Å². The monoisotopic (exact) mass is 272 g/mol. The fourth-order valence-electron chi connectivity index (χ4n) is 1.48. The average molecular weight is 273 g/mol. The van der Waals surface area contributed by atoms with Crippen LogP contribution < -0.4 is 5.73 Å². The van der Waals surface area contributed by atoms with Gasteiger partial charge in [0.25, 0.3) is 0 Å². The number of nitrogens with zero attached hydrogens (tertiary/aromatic N) is 1. The summed E-state index contributed by atoms with van der Waals surface area (Å²) < 4.78 is 0. The summed E-state index contributed by atoms with van der Waals surface area (Å²) in [6.45, 7) is 0. The third-order valence-electron chi connectivity index (χ3n) is 2.29. The van der Waals surface area contributed by atoms with E-state index >= 15 is 0 Å². The van der Waals surface area contributed by atoms with Crippen LogP contribution in [0.1, 0.15) is 16.5 Å². The Labute approximate surface area is 108 Å². The topological polar surface area (TPSA) is 38.9 Å². The van der Waals surface area contributed by atoms with E-state index < -0.39 is 0 Å². The van der Waals surface area contributed by atoms with E-state index in [0.717, 1.165) is 16.9 Å². The molecule has 0 radical (unpaired) electrons. The number of aromatic nitrogens is 1. The van der Waals surface area contributed by atoms with Crippen molar-refractivity contribution >= 4 is 34.5 Å². The smallest absolute Gasteiger partial charge is 0.0794 e. The third kappa shape index (κ3) is 2.55. The lowest BCUT2D eigenvalue weighted by molar-refractivity contribution is 0.729. The van der Waals surface area contributed by atoms with Gasteiger partial charge in [-0.15, -0.1) is 11.3 Å². The fourth-order valence-corrected chi connectivity index (χ4v) is 2.58. The molecule has 0 aliphatic heterocycles. The van der Waals surface area contributed by atoms with E-state index in [-0.39, 0.29) is 6.04 Å². The van der Waals surface area contributed by atoms with Gasteiger partial charge < -0.3 is 5.73 Å². The fraction of sp³-hybridized carbons (Fsp3) is 0.182. The Morgan fingerprint density at radius 2 is 2.19 bits per heavy atom. The number of nitrogens with two attached hydrogens (primary N) is 1. The molecule has 1 heterocycles. The zero-order valence-corrected chi connectivity index (χ0v) is 10.7. The molecule has 0 saturated carbocycles. The lowest BCUT2D eigenvalue weighted by Gasteiger charge is -2.13. The summed E-state index contributed by atoms with van der Waals surface area (Å²) in [5.41, 5.74) is 8.76. The lowest BCUT2D eigenvalue weighted by atomic mass is 10.0. The van der Waals surface area contributed by atoms with Gasteiger partial charge in [-0.3, -0.25) is 4.98 Å². The van der Waals surface area contributed by atoms with Crippen LogP contribution in [-0.4, -0.2) is 4.98 Å². The highest BCUT2D eigenvalue weighted by atomic mass is 35.5. The molecule has 0 saturated heterocycles. The molecule has 1 aromatic heterocycles. The second kappa shape index (κ2) is 5.15. The van der Waals surface area contributed by atoms with Crippen molar-refractivity contribution in [3.63, 3.8) is 0 Å². The molecule has 2 aromatic rings. The predicted octanol–water partition coefficient (Wildman–Crippen LogP) is 3.69. The van der Waals surface area contributed by atoms with Crippen LogP contribution in [0.5, 0.6) is 0 Å². The minimum Gasteiger partial charge on any atom is -0.324 e. The maximum absolute atomic E-state index is 6.10. The second-order valence-electron chi connectivity index (χ2n) is 3.42. The van der Waals surface area contributed by atoms with Crippen LogP contribution in [0.3, 0.4) is 0 Å². The molecule has 2 N–H and O–H groups in total. The van der Waals surface area contributed by atoms with Gasteiger partial charge in [0.1, 0.15) is 0 Å². The predicted molar refractivity (Wildman–Crippen MR) is 69.2 cm³/mol. The highest BCUT2D eigenvalue weighted by molar-refractivity contribution is 7.09. The Morgan fingerprint density at radius 3 is 2.88 bits per heavy atom. The first-order valence-electron chi connectivity index (χ1n) is 4.75. The van der Waals surface area contributed by atoms with Crippen LogP contribution in [0.25, 0.3) is 0 Å². The van der Waals surface area contributed by atoms with E-state index in [9.17, 15) is 0 Å². The maximum atomic E-state index is 6.10. The summed E-state index contributed by atoms with van der Waals surface area (Å²) in [4.78, 5) is 5.15. The lowest BCUT2D eigenvalue weighted by Crippen LogP contribution is -2.13.